The lowest BCUT2D eigenvalue weighted by Gasteiger charge is -2.27. The number of anilines is 2. The van der Waals surface area contributed by atoms with Crippen molar-refractivity contribution in [3.63, 3.8) is 0 Å². The summed E-state index contributed by atoms with van der Waals surface area (Å²) in [5.74, 6) is 0.991. The number of rotatable bonds is 6. The second kappa shape index (κ2) is 8.64. The molecule has 0 amide bonds. The molecule has 140 valence electrons. The molecule has 0 aliphatic heterocycles. The number of hydrogen-bond acceptors (Lipinski definition) is 5. The fraction of sp³-hybridized carbons (Fsp3) is 0.474. The summed E-state index contributed by atoms with van der Waals surface area (Å²) in [7, 11) is 0. The van der Waals surface area contributed by atoms with Gasteiger partial charge in [0.05, 0.1) is 11.1 Å². The molecule has 0 atom stereocenters. The maximum absolute atomic E-state index is 13.4. The highest BCUT2D eigenvalue weighted by atomic mass is 35.5. The molecule has 7 heteroatoms. The summed E-state index contributed by atoms with van der Waals surface area (Å²) in [6, 6.07) is 6.92. The van der Waals surface area contributed by atoms with E-state index in [0.717, 1.165) is 43.6 Å². The Kier molecular flexibility index (Phi) is 6.27. The van der Waals surface area contributed by atoms with E-state index >= 15 is 0 Å². The molecule has 1 aliphatic carbocycles. The Balaban J connectivity index is 1.69. The van der Waals surface area contributed by atoms with Gasteiger partial charge in [-0.05, 0) is 56.4 Å². The van der Waals surface area contributed by atoms with Crippen LogP contribution in [-0.2, 0) is 6.54 Å². The van der Waals surface area contributed by atoms with Crippen LogP contribution >= 0.6 is 11.6 Å². The normalized spacial score (nSPS) is 20.0. The van der Waals surface area contributed by atoms with Crippen LogP contribution in [0.1, 0.15) is 38.2 Å². The lowest BCUT2D eigenvalue weighted by Crippen LogP contribution is -2.29. The highest BCUT2D eigenvalue weighted by Crippen LogP contribution is 2.23. The van der Waals surface area contributed by atoms with Crippen molar-refractivity contribution in [2.75, 3.05) is 16.8 Å². The quantitative estimate of drug-likeness (QED) is 0.795. The van der Waals surface area contributed by atoms with E-state index in [9.17, 15) is 9.50 Å². The fourth-order valence-corrected chi connectivity index (χ4v) is 3.41. The molecule has 1 saturated carbocycles. The molecule has 1 aromatic heterocycles. The Morgan fingerprint density at radius 1 is 1.27 bits per heavy atom. The smallest absolute Gasteiger partial charge is 0.224 e. The van der Waals surface area contributed by atoms with Gasteiger partial charge in [-0.2, -0.15) is 4.98 Å². The molecule has 0 spiro atoms. The molecular formula is C19H24ClFN4O. The van der Waals surface area contributed by atoms with Crippen molar-refractivity contribution >= 4 is 23.4 Å². The van der Waals surface area contributed by atoms with Crippen LogP contribution in [0.2, 0.25) is 5.02 Å². The average Bonchev–Trinajstić information content (AvgIpc) is 2.65. The largest absolute Gasteiger partial charge is 0.393 e. The summed E-state index contributed by atoms with van der Waals surface area (Å²) in [6.07, 6.45) is 5.01. The first kappa shape index (κ1) is 18.9. The summed E-state index contributed by atoms with van der Waals surface area (Å²) in [5.41, 5.74) is 0.924. The van der Waals surface area contributed by atoms with Crippen LogP contribution in [0.15, 0.2) is 30.5 Å². The number of aliphatic hydroxyl groups excluding tert-OH is 1. The van der Waals surface area contributed by atoms with E-state index in [1.807, 2.05) is 13.0 Å². The van der Waals surface area contributed by atoms with Gasteiger partial charge in [-0.25, -0.2) is 9.37 Å². The van der Waals surface area contributed by atoms with Crippen molar-refractivity contribution < 1.29 is 9.50 Å². The van der Waals surface area contributed by atoms with Gasteiger partial charge in [-0.3, -0.25) is 0 Å². The van der Waals surface area contributed by atoms with E-state index in [-0.39, 0.29) is 11.1 Å². The van der Waals surface area contributed by atoms with E-state index in [0.29, 0.717) is 18.5 Å². The van der Waals surface area contributed by atoms with E-state index < -0.39 is 5.82 Å². The van der Waals surface area contributed by atoms with E-state index in [1.54, 1.807) is 18.3 Å². The first-order chi connectivity index (χ1) is 12.5. The van der Waals surface area contributed by atoms with Crippen LogP contribution in [0.4, 0.5) is 16.2 Å². The molecule has 1 fully saturated rings. The fourth-order valence-electron chi connectivity index (χ4n) is 3.21. The Bertz CT molecular complexity index is 737. The number of nitrogens with one attached hydrogen (secondary N) is 1. The van der Waals surface area contributed by atoms with E-state index in [2.05, 4.69) is 20.2 Å². The number of benzene rings is 1. The minimum Gasteiger partial charge on any atom is -0.393 e. The van der Waals surface area contributed by atoms with Gasteiger partial charge in [0.15, 0.2) is 0 Å². The molecule has 2 N–H and O–H groups in total. The molecule has 3 rings (SSSR count). The molecule has 5 nitrogen and oxygen atoms in total. The second-order valence-corrected chi connectivity index (χ2v) is 7.06. The van der Waals surface area contributed by atoms with Crippen LogP contribution in [0.3, 0.4) is 0 Å². The van der Waals surface area contributed by atoms with Gasteiger partial charge in [0.25, 0.3) is 0 Å². The van der Waals surface area contributed by atoms with Gasteiger partial charge in [0.1, 0.15) is 11.6 Å². The first-order valence-electron chi connectivity index (χ1n) is 9.01. The van der Waals surface area contributed by atoms with Crippen LogP contribution in [0, 0.1) is 5.82 Å². The second-order valence-electron chi connectivity index (χ2n) is 6.65. The van der Waals surface area contributed by atoms with Crippen molar-refractivity contribution in [2.24, 2.45) is 0 Å². The minimum atomic E-state index is -0.412. The van der Waals surface area contributed by atoms with Crippen molar-refractivity contribution in [3.05, 3.63) is 46.9 Å². The average molecular weight is 379 g/mol. The standard InChI is InChI=1S/C19H24ClFN4O/c1-2-25(12-13-3-8-17(21)16(20)11-13)18-9-10-22-19(24-18)23-14-4-6-15(26)7-5-14/h3,8-11,14-15,26H,2,4-7,12H2,1H3,(H,22,23,24). The van der Waals surface area contributed by atoms with E-state index in [1.165, 1.54) is 6.07 Å². The summed E-state index contributed by atoms with van der Waals surface area (Å²) in [4.78, 5) is 11.0. The maximum Gasteiger partial charge on any atom is 0.224 e. The third kappa shape index (κ3) is 4.83. The van der Waals surface area contributed by atoms with Gasteiger partial charge in [0, 0.05) is 25.3 Å². The lowest BCUT2D eigenvalue weighted by molar-refractivity contribution is 0.126. The number of nitrogens with zero attached hydrogens (tertiary/aromatic N) is 3. The zero-order chi connectivity index (χ0) is 18.5. The Morgan fingerprint density at radius 3 is 2.73 bits per heavy atom. The van der Waals surface area contributed by atoms with Gasteiger partial charge in [-0.15, -0.1) is 0 Å². The summed E-state index contributed by atoms with van der Waals surface area (Å²) < 4.78 is 13.4. The summed E-state index contributed by atoms with van der Waals surface area (Å²) in [6.45, 7) is 3.38. The zero-order valence-electron chi connectivity index (χ0n) is 14.8. The molecule has 0 radical (unpaired) electrons. The van der Waals surface area contributed by atoms with Crippen LogP contribution in [-0.4, -0.2) is 33.8 Å². The predicted octanol–water partition coefficient (Wildman–Crippen LogP) is 4.01. The highest BCUT2D eigenvalue weighted by Gasteiger charge is 2.20. The number of halogens is 2. The molecule has 1 aromatic carbocycles. The molecule has 26 heavy (non-hydrogen) atoms. The third-order valence-electron chi connectivity index (χ3n) is 4.73. The van der Waals surface area contributed by atoms with Gasteiger partial charge in [0.2, 0.25) is 5.95 Å². The highest BCUT2D eigenvalue weighted by molar-refractivity contribution is 6.30. The molecular weight excluding hydrogens is 355 g/mol. The van der Waals surface area contributed by atoms with Crippen molar-refractivity contribution in [1.82, 2.24) is 9.97 Å². The zero-order valence-corrected chi connectivity index (χ0v) is 15.6. The van der Waals surface area contributed by atoms with Gasteiger partial charge < -0.3 is 15.3 Å². The third-order valence-corrected chi connectivity index (χ3v) is 5.02. The number of aromatic nitrogens is 2. The van der Waals surface area contributed by atoms with Crippen molar-refractivity contribution in [1.29, 1.82) is 0 Å². The van der Waals surface area contributed by atoms with Crippen LogP contribution in [0.25, 0.3) is 0 Å². The van der Waals surface area contributed by atoms with Gasteiger partial charge >= 0.3 is 0 Å². The molecule has 0 bridgehead atoms. The topological polar surface area (TPSA) is 61.3 Å². The Morgan fingerprint density at radius 2 is 2.04 bits per heavy atom. The summed E-state index contributed by atoms with van der Waals surface area (Å²) >= 11 is 5.88. The van der Waals surface area contributed by atoms with Crippen LogP contribution in [0.5, 0.6) is 0 Å². The lowest BCUT2D eigenvalue weighted by atomic mass is 9.93. The number of aliphatic hydroxyl groups is 1. The monoisotopic (exact) mass is 378 g/mol. The predicted molar refractivity (Wildman–Crippen MR) is 102 cm³/mol. The molecule has 2 aromatic rings. The molecule has 0 unspecified atom stereocenters. The first-order valence-corrected chi connectivity index (χ1v) is 9.39. The molecule has 1 heterocycles. The maximum atomic E-state index is 13.4. The minimum absolute atomic E-state index is 0.128. The van der Waals surface area contributed by atoms with Crippen LogP contribution < -0.4 is 10.2 Å². The van der Waals surface area contributed by atoms with Gasteiger partial charge in [-0.1, -0.05) is 17.7 Å². The number of hydrogen-bond donors (Lipinski definition) is 2. The van der Waals surface area contributed by atoms with Crippen molar-refractivity contribution in [3.8, 4) is 0 Å². The summed E-state index contributed by atoms with van der Waals surface area (Å²) in [5, 5.41) is 13.1. The van der Waals surface area contributed by atoms with Crippen molar-refractivity contribution in [2.45, 2.75) is 51.3 Å². The Hall–Kier alpha value is -1.92. The Labute approximate surface area is 158 Å². The van der Waals surface area contributed by atoms with E-state index in [4.69, 9.17) is 11.6 Å². The molecule has 0 saturated heterocycles. The molecule has 1 aliphatic rings. The SMILES string of the molecule is CCN(Cc1ccc(F)c(Cl)c1)c1ccnc(NC2CCC(O)CC2)n1.